The monoisotopic (exact) mass is 190 g/mol. The van der Waals surface area contributed by atoms with Crippen molar-refractivity contribution in [1.82, 2.24) is 10.2 Å². The van der Waals surface area contributed by atoms with Gasteiger partial charge in [-0.1, -0.05) is 30.3 Å². The zero-order chi connectivity index (χ0) is 9.97. The third kappa shape index (κ3) is 1.77. The van der Waals surface area contributed by atoms with Gasteiger partial charge in [0.15, 0.2) is 0 Å². The van der Waals surface area contributed by atoms with Gasteiger partial charge in [0, 0.05) is 6.54 Å². The molecule has 2 rings (SSSR count). The van der Waals surface area contributed by atoms with E-state index in [0.29, 0.717) is 19.1 Å². The summed E-state index contributed by atoms with van der Waals surface area (Å²) in [5.41, 5.74) is 1.26. The molecule has 0 bridgehead atoms. The SMILES string of the molecule is CN1CC(=O)NC[C@H]1c1ccccc1. The van der Waals surface area contributed by atoms with E-state index in [-0.39, 0.29) is 5.91 Å². The van der Waals surface area contributed by atoms with Gasteiger partial charge in [0.25, 0.3) is 0 Å². The molecule has 0 aliphatic carbocycles. The molecule has 0 unspecified atom stereocenters. The minimum atomic E-state index is 0.111. The van der Waals surface area contributed by atoms with Crippen molar-refractivity contribution in [3.63, 3.8) is 0 Å². The van der Waals surface area contributed by atoms with Crippen LogP contribution in [0.5, 0.6) is 0 Å². The van der Waals surface area contributed by atoms with E-state index in [0.717, 1.165) is 0 Å². The molecule has 74 valence electrons. The zero-order valence-electron chi connectivity index (χ0n) is 8.23. The van der Waals surface area contributed by atoms with Crippen LogP contribution in [-0.4, -0.2) is 30.9 Å². The molecule has 0 radical (unpaired) electrons. The predicted octanol–water partition coefficient (Wildman–Crippen LogP) is 0.789. The Labute approximate surface area is 83.7 Å². The van der Waals surface area contributed by atoms with Crippen LogP contribution in [0.2, 0.25) is 0 Å². The normalized spacial score (nSPS) is 23.2. The topological polar surface area (TPSA) is 32.3 Å². The molecule has 3 heteroatoms. The molecule has 1 saturated heterocycles. The number of rotatable bonds is 1. The minimum Gasteiger partial charge on any atom is -0.353 e. The summed E-state index contributed by atoms with van der Waals surface area (Å²) in [5, 5.41) is 2.88. The van der Waals surface area contributed by atoms with E-state index >= 15 is 0 Å². The van der Waals surface area contributed by atoms with Gasteiger partial charge >= 0.3 is 0 Å². The van der Waals surface area contributed by atoms with Gasteiger partial charge in [-0.15, -0.1) is 0 Å². The second-order valence-electron chi connectivity index (χ2n) is 3.65. The lowest BCUT2D eigenvalue weighted by molar-refractivity contribution is -0.125. The fraction of sp³-hybridized carbons (Fsp3) is 0.364. The van der Waals surface area contributed by atoms with Crippen LogP contribution < -0.4 is 5.32 Å². The molecular weight excluding hydrogens is 176 g/mol. The zero-order valence-corrected chi connectivity index (χ0v) is 8.23. The van der Waals surface area contributed by atoms with E-state index in [2.05, 4.69) is 22.3 Å². The molecule has 1 amide bonds. The maximum absolute atomic E-state index is 11.1. The van der Waals surface area contributed by atoms with Crippen LogP contribution in [0.25, 0.3) is 0 Å². The lowest BCUT2D eigenvalue weighted by Gasteiger charge is -2.32. The molecular formula is C11H14N2O. The van der Waals surface area contributed by atoms with Crippen molar-refractivity contribution in [1.29, 1.82) is 0 Å². The number of nitrogens with one attached hydrogen (secondary N) is 1. The maximum Gasteiger partial charge on any atom is 0.234 e. The average Bonchev–Trinajstić information content (AvgIpc) is 2.19. The quantitative estimate of drug-likeness (QED) is 0.710. The number of likely N-dealkylation sites (N-methyl/N-ethyl adjacent to an activating group) is 1. The van der Waals surface area contributed by atoms with Crippen molar-refractivity contribution in [2.24, 2.45) is 0 Å². The van der Waals surface area contributed by atoms with Crippen molar-refractivity contribution < 1.29 is 4.79 Å². The first-order chi connectivity index (χ1) is 6.77. The smallest absolute Gasteiger partial charge is 0.234 e. The fourth-order valence-electron chi connectivity index (χ4n) is 1.81. The van der Waals surface area contributed by atoms with E-state index in [9.17, 15) is 4.79 Å². The lowest BCUT2D eigenvalue weighted by atomic mass is 10.0. The van der Waals surface area contributed by atoms with Crippen molar-refractivity contribution in [2.75, 3.05) is 20.1 Å². The molecule has 1 N–H and O–H groups in total. The third-order valence-electron chi connectivity index (χ3n) is 2.60. The number of amides is 1. The Balaban J connectivity index is 2.16. The van der Waals surface area contributed by atoms with Gasteiger partial charge in [-0.3, -0.25) is 9.69 Å². The first kappa shape index (κ1) is 9.21. The van der Waals surface area contributed by atoms with Crippen LogP contribution >= 0.6 is 0 Å². The molecule has 1 atom stereocenters. The second kappa shape index (κ2) is 3.80. The van der Waals surface area contributed by atoms with Gasteiger partial charge in [0.05, 0.1) is 12.6 Å². The van der Waals surface area contributed by atoms with Gasteiger partial charge in [0.2, 0.25) is 5.91 Å². The highest BCUT2D eigenvalue weighted by Gasteiger charge is 2.23. The first-order valence-electron chi connectivity index (χ1n) is 4.79. The summed E-state index contributed by atoms with van der Waals surface area (Å²) >= 11 is 0. The maximum atomic E-state index is 11.1. The van der Waals surface area contributed by atoms with Gasteiger partial charge in [-0.2, -0.15) is 0 Å². The van der Waals surface area contributed by atoms with Gasteiger partial charge < -0.3 is 5.32 Å². The number of nitrogens with zero attached hydrogens (tertiary/aromatic N) is 1. The Bertz CT molecular complexity index is 323. The molecule has 1 aromatic carbocycles. The molecule has 0 saturated carbocycles. The highest BCUT2D eigenvalue weighted by molar-refractivity contribution is 5.78. The van der Waals surface area contributed by atoms with E-state index in [1.807, 2.05) is 25.2 Å². The van der Waals surface area contributed by atoms with E-state index in [4.69, 9.17) is 0 Å². The second-order valence-corrected chi connectivity index (χ2v) is 3.65. The standard InChI is InChI=1S/C11H14N2O/c1-13-8-11(14)12-7-10(13)9-5-3-2-4-6-9/h2-6,10H,7-8H2,1H3,(H,12,14)/t10-/m0/s1. The van der Waals surface area contributed by atoms with E-state index in [1.165, 1.54) is 5.56 Å². The van der Waals surface area contributed by atoms with Gasteiger partial charge in [-0.25, -0.2) is 0 Å². The summed E-state index contributed by atoms with van der Waals surface area (Å²) in [6, 6.07) is 10.6. The highest BCUT2D eigenvalue weighted by Crippen LogP contribution is 2.19. The minimum absolute atomic E-state index is 0.111. The van der Waals surface area contributed by atoms with Crippen LogP contribution in [-0.2, 0) is 4.79 Å². The van der Waals surface area contributed by atoms with Crippen molar-refractivity contribution >= 4 is 5.91 Å². The average molecular weight is 190 g/mol. The molecule has 3 nitrogen and oxygen atoms in total. The Hall–Kier alpha value is -1.35. The van der Waals surface area contributed by atoms with Crippen LogP contribution in [0.1, 0.15) is 11.6 Å². The van der Waals surface area contributed by atoms with Crippen LogP contribution in [0.3, 0.4) is 0 Å². The Morgan fingerprint density at radius 1 is 1.36 bits per heavy atom. The number of carbonyl (C=O) groups is 1. The van der Waals surface area contributed by atoms with Crippen LogP contribution in [0, 0.1) is 0 Å². The summed E-state index contributed by atoms with van der Waals surface area (Å²) in [7, 11) is 1.98. The van der Waals surface area contributed by atoms with E-state index < -0.39 is 0 Å². The number of hydrogen-bond acceptors (Lipinski definition) is 2. The molecule has 1 aliphatic rings. The summed E-state index contributed by atoms with van der Waals surface area (Å²) in [5.74, 6) is 0.111. The number of piperazine rings is 1. The Morgan fingerprint density at radius 2 is 2.07 bits per heavy atom. The molecule has 1 aromatic rings. The van der Waals surface area contributed by atoms with Crippen molar-refractivity contribution in [3.8, 4) is 0 Å². The molecule has 14 heavy (non-hydrogen) atoms. The predicted molar refractivity (Wildman–Crippen MR) is 54.8 cm³/mol. The van der Waals surface area contributed by atoms with Gasteiger partial charge in [0.1, 0.15) is 0 Å². The number of benzene rings is 1. The van der Waals surface area contributed by atoms with Crippen molar-refractivity contribution in [2.45, 2.75) is 6.04 Å². The molecule has 1 aliphatic heterocycles. The summed E-state index contributed by atoms with van der Waals surface area (Å²) in [6.07, 6.45) is 0. The third-order valence-corrected chi connectivity index (χ3v) is 2.60. The molecule has 0 aromatic heterocycles. The van der Waals surface area contributed by atoms with Gasteiger partial charge in [-0.05, 0) is 12.6 Å². The van der Waals surface area contributed by atoms with E-state index in [1.54, 1.807) is 0 Å². The molecule has 1 heterocycles. The Morgan fingerprint density at radius 3 is 2.71 bits per heavy atom. The number of hydrogen-bond donors (Lipinski definition) is 1. The highest BCUT2D eigenvalue weighted by atomic mass is 16.2. The number of carbonyl (C=O) groups excluding carboxylic acids is 1. The Kier molecular flexibility index (Phi) is 2.50. The summed E-state index contributed by atoms with van der Waals surface area (Å²) in [6.45, 7) is 1.19. The van der Waals surface area contributed by atoms with Crippen LogP contribution in [0.15, 0.2) is 30.3 Å². The summed E-state index contributed by atoms with van der Waals surface area (Å²) < 4.78 is 0. The molecule has 0 spiro atoms. The lowest BCUT2D eigenvalue weighted by Crippen LogP contribution is -2.47. The van der Waals surface area contributed by atoms with Crippen molar-refractivity contribution in [3.05, 3.63) is 35.9 Å². The van der Waals surface area contributed by atoms with Crippen LogP contribution in [0.4, 0.5) is 0 Å². The summed E-state index contributed by atoms with van der Waals surface area (Å²) in [4.78, 5) is 13.2. The first-order valence-corrected chi connectivity index (χ1v) is 4.79. The molecule has 1 fully saturated rings. The largest absolute Gasteiger partial charge is 0.353 e. The fourth-order valence-corrected chi connectivity index (χ4v) is 1.81.